The Hall–Kier alpha value is -1.07. The van der Waals surface area contributed by atoms with Gasteiger partial charge in [-0.25, -0.2) is 0 Å². The van der Waals surface area contributed by atoms with Gasteiger partial charge in [0.15, 0.2) is 0 Å². The van der Waals surface area contributed by atoms with Gasteiger partial charge in [-0.15, -0.1) is 11.3 Å². The Kier molecular flexibility index (Phi) is 4.96. The number of nitrogens with zero attached hydrogens (tertiary/aromatic N) is 1. The predicted octanol–water partition coefficient (Wildman–Crippen LogP) is 2.65. The van der Waals surface area contributed by atoms with E-state index < -0.39 is 5.97 Å². The van der Waals surface area contributed by atoms with Gasteiger partial charge < -0.3 is 10.0 Å². The highest BCUT2D eigenvalue weighted by molar-refractivity contribution is 7.13. The molecule has 17 heavy (non-hydrogen) atoms. The van der Waals surface area contributed by atoms with Crippen molar-refractivity contribution in [3.05, 3.63) is 20.8 Å². The Balaban J connectivity index is 2.91. The summed E-state index contributed by atoms with van der Waals surface area (Å²) in [4.78, 5) is 24.5. The van der Waals surface area contributed by atoms with Crippen molar-refractivity contribution in [3.63, 3.8) is 0 Å². The average molecular weight is 276 g/mol. The van der Waals surface area contributed by atoms with Gasteiger partial charge in [0.2, 0.25) is 0 Å². The van der Waals surface area contributed by atoms with Crippen molar-refractivity contribution < 1.29 is 14.7 Å². The van der Waals surface area contributed by atoms with E-state index in [1.165, 1.54) is 16.2 Å². The molecular weight excluding hydrogens is 262 g/mol. The minimum atomic E-state index is -1.02. The third-order valence-electron chi connectivity index (χ3n) is 2.20. The van der Waals surface area contributed by atoms with E-state index in [-0.39, 0.29) is 12.5 Å². The third-order valence-corrected chi connectivity index (χ3v) is 3.89. The normalized spacial score (nSPS) is 10.3. The lowest BCUT2D eigenvalue weighted by atomic mass is 10.3. The molecule has 6 heteroatoms. The molecule has 0 aliphatic rings. The number of thiophene rings is 1. The minimum absolute atomic E-state index is 0.292. The number of rotatable bonds is 5. The summed E-state index contributed by atoms with van der Waals surface area (Å²) in [5, 5.41) is 11.0. The third kappa shape index (κ3) is 3.44. The van der Waals surface area contributed by atoms with Crippen LogP contribution in [0.15, 0.2) is 5.38 Å². The monoisotopic (exact) mass is 275 g/mol. The summed E-state index contributed by atoms with van der Waals surface area (Å²) in [6.45, 7) is 3.83. The zero-order valence-corrected chi connectivity index (χ0v) is 11.3. The summed E-state index contributed by atoms with van der Waals surface area (Å²) in [5.74, 6) is -1.33. The van der Waals surface area contributed by atoms with Crippen LogP contribution in [-0.4, -0.2) is 35.0 Å². The van der Waals surface area contributed by atoms with Crippen LogP contribution in [0.1, 0.15) is 28.6 Å². The number of carboxylic acid groups (broad SMARTS) is 1. The number of carboxylic acids is 1. The molecule has 1 rings (SSSR count). The highest BCUT2D eigenvalue weighted by Gasteiger charge is 2.22. The molecule has 0 fully saturated rings. The molecule has 1 aromatic rings. The zero-order chi connectivity index (χ0) is 13.0. The molecular formula is C11H14ClNO3S. The highest BCUT2D eigenvalue weighted by atomic mass is 35.5. The predicted molar refractivity (Wildman–Crippen MR) is 67.9 cm³/mol. The summed E-state index contributed by atoms with van der Waals surface area (Å²) in [7, 11) is 0. The van der Waals surface area contributed by atoms with Crippen molar-refractivity contribution in [2.75, 3.05) is 13.1 Å². The number of carbonyl (C=O) groups is 2. The van der Waals surface area contributed by atoms with Gasteiger partial charge in [-0.3, -0.25) is 9.59 Å². The van der Waals surface area contributed by atoms with Gasteiger partial charge in [-0.1, -0.05) is 18.5 Å². The van der Waals surface area contributed by atoms with Gasteiger partial charge in [0.1, 0.15) is 11.4 Å². The van der Waals surface area contributed by atoms with Crippen molar-refractivity contribution in [2.45, 2.75) is 20.3 Å². The second-order valence-electron chi connectivity index (χ2n) is 3.68. The molecule has 0 unspecified atom stereocenters. The largest absolute Gasteiger partial charge is 0.480 e. The van der Waals surface area contributed by atoms with Crippen LogP contribution in [0.5, 0.6) is 0 Å². The topological polar surface area (TPSA) is 57.6 Å². The first-order valence-electron chi connectivity index (χ1n) is 5.22. The van der Waals surface area contributed by atoms with Crippen molar-refractivity contribution in [2.24, 2.45) is 0 Å². The molecule has 1 aromatic heterocycles. The van der Waals surface area contributed by atoms with E-state index in [1.54, 1.807) is 5.38 Å². The standard InChI is InChI=1S/C11H14ClNO3S/c1-3-4-13(5-8(14)15)11(16)10-9(12)7(2)6-17-10/h6H,3-5H2,1-2H3,(H,14,15). The molecule has 0 bridgehead atoms. The Bertz CT molecular complexity index is 430. The van der Waals surface area contributed by atoms with Gasteiger partial charge in [0, 0.05) is 6.54 Å². The van der Waals surface area contributed by atoms with Crippen LogP contribution >= 0.6 is 22.9 Å². The molecule has 0 saturated heterocycles. The maximum atomic E-state index is 12.1. The van der Waals surface area contributed by atoms with Gasteiger partial charge in [0.05, 0.1) is 5.02 Å². The molecule has 0 saturated carbocycles. The van der Waals surface area contributed by atoms with Crippen LogP contribution in [0.2, 0.25) is 5.02 Å². The number of aryl methyl sites for hydroxylation is 1. The summed E-state index contributed by atoms with van der Waals surface area (Å²) >= 11 is 7.25. The lowest BCUT2D eigenvalue weighted by Gasteiger charge is -2.19. The smallest absolute Gasteiger partial charge is 0.323 e. The summed E-state index contributed by atoms with van der Waals surface area (Å²) < 4.78 is 0. The second-order valence-corrected chi connectivity index (χ2v) is 4.94. The number of carbonyl (C=O) groups excluding carboxylic acids is 1. The molecule has 0 aliphatic carbocycles. The van der Waals surface area contributed by atoms with Crippen LogP contribution < -0.4 is 0 Å². The van der Waals surface area contributed by atoms with Gasteiger partial charge in [0.25, 0.3) is 5.91 Å². The fraction of sp³-hybridized carbons (Fsp3) is 0.455. The van der Waals surface area contributed by atoms with Gasteiger partial charge in [-0.2, -0.15) is 0 Å². The SMILES string of the molecule is CCCN(CC(=O)O)C(=O)c1scc(C)c1Cl. The lowest BCUT2D eigenvalue weighted by molar-refractivity contribution is -0.137. The first-order valence-corrected chi connectivity index (χ1v) is 6.47. The first-order chi connectivity index (χ1) is 7.97. The Morgan fingerprint density at radius 3 is 2.59 bits per heavy atom. The summed E-state index contributed by atoms with van der Waals surface area (Å²) in [5.41, 5.74) is 0.840. The molecule has 0 aromatic carbocycles. The van der Waals surface area contributed by atoms with Crippen LogP contribution in [0.3, 0.4) is 0 Å². The van der Waals surface area contributed by atoms with Crippen molar-refractivity contribution in [1.82, 2.24) is 4.90 Å². The number of hydrogen-bond acceptors (Lipinski definition) is 3. The minimum Gasteiger partial charge on any atom is -0.480 e. The van der Waals surface area contributed by atoms with Gasteiger partial charge >= 0.3 is 5.97 Å². The number of halogens is 1. The number of aliphatic carboxylic acids is 1. The quantitative estimate of drug-likeness (QED) is 0.899. The van der Waals surface area contributed by atoms with E-state index >= 15 is 0 Å². The molecule has 1 N–H and O–H groups in total. The van der Waals surface area contributed by atoms with Crippen LogP contribution in [0.4, 0.5) is 0 Å². The molecule has 1 heterocycles. The Morgan fingerprint density at radius 1 is 1.53 bits per heavy atom. The average Bonchev–Trinajstić information content (AvgIpc) is 2.58. The van der Waals surface area contributed by atoms with Crippen molar-refractivity contribution in [1.29, 1.82) is 0 Å². The molecule has 0 radical (unpaired) electrons. The maximum absolute atomic E-state index is 12.1. The van der Waals surface area contributed by atoms with E-state index in [9.17, 15) is 9.59 Å². The van der Waals surface area contributed by atoms with Crippen LogP contribution in [-0.2, 0) is 4.79 Å². The zero-order valence-electron chi connectivity index (χ0n) is 9.70. The maximum Gasteiger partial charge on any atom is 0.323 e. The molecule has 0 spiro atoms. The van der Waals surface area contributed by atoms with E-state index in [0.717, 1.165) is 5.56 Å². The molecule has 0 atom stereocenters. The Labute approximate surface area is 109 Å². The second kappa shape index (κ2) is 6.02. The fourth-order valence-corrected chi connectivity index (χ4v) is 2.64. The van der Waals surface area contributed by atoms with E-state index in [2.05, 4.69) is 0 Å². The van der Waals surface area contributed by atoms with E-state index in [4.69, 9.17) is 16.7 Å². The van der Waals surface area contributed by atoms with Gasteiger partial charge in [-0.05, 0) is 24.3 Å². The van der Waals surface area contributed by atoms with E-state index in [1.807, 2.05) is 13.8 Å². The molecule has 0 aliphatic heterocycles. The number of amides is 1. The number of hydrogen-bond donors (Lipinski definition) is 1. The van der Waals surface area contributed by atoms with Crippen molar-refractivity contribution >= 4 is 34.8 Å². The lowest BCUT2D eigenvalue weighted by Crippen LogP contribution is -2.36. The fourth-order valence-electron chi connectivity index (χ4n) is 1.40. The summed E-state index contributed by atoms with van der Waals surface area (Å²) in [6, 6.07) is 0. The molecule has 94 valence electrons. The molecule has 4 nitrogen and oxygen atoms in total. The van der Waals surface area contributed by atoms with E-state index in [0.29, 0.717) is 22.9 Å². The van der Waals surface area contributed by atoms with Crippen LogP contribution in [0.25, 0.3) is 0 Å². The summed E-state index contributed by atoms with van der Waals surface area (Å²) in [6.07, 6.45) is 0.709. The Morgan fingerprint density at radius 2 is 2.18 bits per heavy atom. The first kappa shape index (κ1) is 14.0. The molecule has 1 amide bonds. The highest BCUT2D eigenvalue weighted by Crippen LogP contribution is 2.28. The van der Waals surface area contributed by atoms with Crippen molar-refractivity contribution in [3.8, 4) is 0 Å². The van der Waals surface area contributed by atoms with Crippen LogP contribution in [0, 0.1) is 6.92 Å².